The zero-order chi connectivity index (χ0) is 19.0. The Morgan fingerprint density at radius 1 is 1.19 bits per heavy atom. The number of anilines is 1. The third-order valence-electron chi connectivity index (χ3n) is 4.00. The fraction of sp³-hybridized carbons (Fsp3) is 0.0556. The molecule has 0 bridgehead atoms. The first-order chi connectivity index (χ1) is 13.0. The van der Waals surface area contributed by atoms with Crippen molar-refractivity contribution in [2.24, 2.45) is 0 Å². The summed E-state index contributed by atoms with van der Waals surface area (Å²) in [7, 11) is 0. The van der Waals surface area contributed by atoms with E-state index in [1.807, 2.05) is 36.4 Å². The zero-order valence-corrected chi connectivity index (χ0v) is 14.4. The highest BCUT2D eigenvalue weighted by Gasteiger charge is 2.25. The number of amides is 1. The van der Waals surface area contributed by atoms with E-state index in [0.29, 0.717) is 11.3 Å². The molecule has 1 amide bonds. The summed E-state index contributed by atoms with van der Waals surface area (Å²) in [5.74, 6) is -0.798. The molecular formula is C18H12ClF2N5O. The average molecular weight is 388 g/mol. The molecule has 6 nitrogen and oxygen atoms in total. The number of alkyl halides is 2. The number of rotatable bonds is 4. The Bertz CT molecular complexity index is 1120. The number of halogens is 3. The second-order valence-electron chi connectivity index (χ2n) is 5.77. The van der Waals surface area contributed by atoms with Crippen LogP contribution in [0.15, 0.2) is 48.7 Å². The lowest BCUT2D eigenvalue weighted by Gasteiger charge is -2.04. The van der Waals surface area contributed by atoms with E-state index >= 15 is 0 Å². The number of hydrogen-bond donors (Lipinski definition) is 3. The Balaban J connectivity index is 1.62. The number of fused-ring (bicyclic) bond motifs is 1. The van der Waals surface area contributed by atoms with Crippen molar-refractivity contribution in [1.82, 2.24) is 20.2 Å². The Morgan fingerprint density at radius 2 is 1.96 bits per heavy atom. The molecule has 27 heavy (non-hydrogen) atoms. The van der Waals surface area contributed by atoms with Crippen LogP contribution in [-0.4, -0.2) is 26.1 Å². The molecule has 4 aromatic rings. The quantitative estimate of drug-likeness (QED) is 0.470. The molecule has 9 heteroatoms. The molecule has 0 aliphatic rings. The fourth-order valence-corrected chi connectivity index (χ4v) is 2.96. The van der Waals surface area contributed by atoms with E-state index in [1.54, 1.807) is 6.07 Å². The van der Waals surface area contributed by atoms with Crippen LogP contribution in [0.4, 0.5) is 14.5 Å². The standard InChI is InChI=1S/C18H12ClF2N5O/c19-15-13(16(20)21)14(25-26-15)18(27)23-11-6-10-7-12(24-17(10)22-8-11)9-4-2-1-3-5-9/h1-8,16H,(H,22,24)(H,23,27)(H,25,26). The van der Waals surface area contributed by atoms with Gasteiger partial charge in [-0.15, -0.1) is 0 Å². The Morgan fingerprint density at radius 3 is 2.70 bits per heavy atom. The van der Waals surface area contributed by atoms with Crippen molar-refractivity contribution < 1.29 is 13.6 Å². The summed E-state index contributed by atoms with van der Waals surface area (Å²) in [4.78, 5) is 19.8. The molecule has 1 aromatic carbocycles. The Hall–Kier alpha value is -3.26. The van der Waals surface area contributed by atoms with Crippen LogP contribution in [0, 0.1) is 0 Å². The number of hydrogen-bond acceptors (Lipinski definition) is 3. The lowest BCUT2D eigenvalue weighted by Crippen LogP contribution is -2.14. The number of aromatic nitrogens is 4. The molecule has 3 aromatic heterocycles. The summed E-state index contributed by atoms with van der Waals surface area (Å²) in [6, 6.07) is 13.3. The van der Waals surface area contributed by atoms with Crippen molar-refractivity contribution in [2.75, 3.05) is 5.32 Å². The van der Waals surface area contributed by atoms with Crippen LogP contribution in [0.25, 0.3) is 22.3 Å². The smallest absolute Gasteiger partial charge is 0.276 e. The molecule has 136 valence electrons. The van der Waals surface area contributed by atoms with Crippen molar-refractivity contribution in [2.45, 2.75) is 6.43 Å². The summed E-state index contributed by atoms with van der Waals surface area (Å²) in [6.45, 7) is 0. The van der Waals surface area contributed by atoms with E-state index in [2.05, 4.69) is 25.5 Å². The van der Waals surface area contributed by atoms with Crippen LogP contribution >= 0.6 is 11.6 Å². The molecule has 0 fully saturated rings. The molecule has 0 saturated carbocycles. The van der Waals surface area contributed by atoms with Gasteiger partial charge in [-0.1, -0.05) is 41.9 Å². The van der Waals surface area contributed by atoms with Gasteiger partial charge in [0.15, 0.2) is 5.69 Å². The molecule has 0 radical (unpaired) electrons. The van der Waals surface area contributed by atoms with E-state index < -0.39 is 23.6 Å². The van der Waals surface area contributed by atoms with E-state index in [1.165, 1.54) is 6.20 Å². The summed E-state index contributed by atoms with van der Waals surface area (Å²) in [5, 5.41) is 8.68. The average Bonchev–Trinajstić information content (AvgIpc) is 3.25. The Kier molecular flexibility index (Phi) is 4.33. The highest BCUT2D eigenvalue weighted by atomic mass is 35.5. The van der Waals surface area contributed by atoms with Gasteiger partial charge >= 0.3 is 0 Å². The first-order valence-electron chi connectivity index (χ1n) is 7.90. The van der Waals surface area contributed by atoms with Crippen molar-refractivity contribution in [3.05, 3.63) is 65.1 Å². The van der Waals surface area contributed by atoms with Crippen LogP contribution in [-0.2, 0) is 0 Å². The number of nitrogens with zero attached hydrogens (tertiary/aromatic N) is 2. The molecule has 3 heterocycles. The Labute approximate surface area is 156 Å². The fourth-order valence-electron chi connectivity index (χ4n) is 2.75. The van der Waals surface area contributed by atoms with Gasteiger partial charge in [-0.05, 0) is 17.7 Å². The van der Waals surface area contributed by atoms with Gasteiger partial charge in [-0.2, -0.15) is 5.10 Å². The van der Waals surface area contributed by atoms with Gasteiger partial charge in [0, 0.05) is 11.1 Å². The number of carbonyl (C=O) groups is 1. The van der Waals surface area contributed by atoms with Gasteiger partial charge in [-0.25, -0.2) is 13.8 Å². The number of pyridine rings is 1. The second kappa shape index (κ2) is 6.81. The SMILES string of the molecule is O=C(Nc1cnc2[nH]c(-c3ccccc3)cc2c1)c1n[nH]c(Cl)c1C(F)F. The van der Waals surface area contributed by atoms with Gasteiger partial charge in [0.25, 0.3) is 12.3 Å². The molecule has 3 N–H and O–H groups in total. The van der Waals surface area contributed by atoms with Gasteiger partial charge in [0.1, 0.15) is 10.8 Å². The van der Waals surface area contributed by atoms with E-state index in [9.17, 15) is 13.6 Å². The molecule has 0 atom stereocenters. The minimum atomic E-state index is -2.92. The third-order valence-corrected chi connectivity index (χ3v) is 4.29. The van der Waals surface area contributed by atoms with Crippen molar-refractivity contribution in [3.8, 4) is 11.3 Å². The zero-order valence-electron chi connectivity index (χ0n) is 13.6. The topological polar surface area (TPSA) is 86.5 Å². The van der Waals surface area contributed by atoms with Crippen molar-refractivity contribution in [3.63, 3.8) is 0 Å². The van der Waals surface area contributed by atoms with Crippen LogP contribution in [0.1, 0.15) is 22.5 Å². The minimum Gasteiger partial charge on any atom is -0.339 e. The minimum absolute atomic E-state index is 0.352. The van der Waals surface area contributed by atoms with Crippen LogP contribution in [0.2, 0.25) is 5.15 Å². The summed E-state index contributed by atoms with van der Waals surface area (Å²) >= 11 is 5.63. The maximum absolute atomic E-state index is 13.1. The number of aromatic amines is 2. The molecule has 0 spiro atoms. The second-order valence-corrected chi connectivity index (χ2v) is 6.14. The monoisotopic (exact) mass is 387 g/mol. The van der Waals surface area contributed by atoms with Gasteiger partial charge < -0.3 is 10.3 Å². The third kappa shape index (κ3) is 3.26. The predicted octanol–water partition coefficient (Wildman–Crippen LogP) is 4.80. The molecule has 0 aliphatic heterocycles. The molecule has 0 aliphatic carbocycles. The van der Waals surface area contributed by atoms with E-state index in [0.717, 1.165) is 16.6 Å². The van der Waals surface area contributed by atoms with Crippen molar-refractivity contribution >= 4 is 34.2 Å². The summed E-state index contributed by atoms with van der Waals surface area (Å²) < 4.78 is 26.1. The van der Waals surface area contributed by atoms with Gasteiger partial charge in [0.05, 0.1) is 17.4 Å². The molecule has 0 saturated heterocycles. The van der Waals surface area contributed by atoms with Crippen LogP contribution in [0.5, 0.6) is 0 Å². The van der Waals surface area contributed by atoms with Gasteiger partial charge in [-0.3, -0.25) is 9.89 Å². The molecular weight excluding hydrogens is 376 g/mol. The summed E-state index contributed by atoms with van der Waals surface area (Å²) in [5.41, 5.74) is 1.79. The number of carbonyl (C=O) groups excluding carboxylic acids is 1. The van der Waals surface area contributed by atoms with E-state index in [-0.39, 0.29) is 5.15 Å². The lowest BCUT2D eigenvalue weighted by atomic mass is 10.1. The van der Waals surface area contributed by atoms with Crippen LogP contribution < -0.4 is 5.32 Å². The van der Waals surface area contributed by atoms with E-state index in [4.69, 9.17) is 11.6 Å². The maximum Gasteiger partial charge on any atom is 0.276 e. The number of H-pyrrole nitrogens is 2. The first kappa shape index (κ1) is 17.2. The highest BCUT2D eigenvalue weighted by molar-refractivity contribution is 6.30. The molecule has 0 unspecified atom stereocenters. The maximum atomic E-state index is 13.1. The largest absolute Gasteiger partial charge is 0.339 e. The normalized spacial score (nSPS) is 11.3. The van der Waals surface area contributed by atoms with Crippen molar-refractivity contribution in [1.29, 1.82) is 0 Å². The van der Waals surface area contributed by atoms with Gasteiger partial charge in [0.2, 0.25) is 0 Å². The molecule has 4 rings (SSSR count). The van der Waals surface area contributed by atoms with Crippen LogP contribution in [0.3, 0.4) is 0 Å². The first-order valence-corrected chi connectivity index (χ1v) is 8.28. The lowest BCUT2D eigenvalue weighted by molar-refractivity contribution is 0.100. The summed E-state index contributed by atoms with van der Waals surface area (Å²) in [6.07, 6.45) is -1.49. The predicted molar refractivity (Wildman–Crippen MR) is 98.0 cm³/mol. The number of nitrogens with one attached hydrogen (secondary N) is 3. The number of benzene rings is 1. The highest BCUT2D eigenvalue weighted by Crippen LogP contribution is 2.29.